The molecule has 1 atom stereocenters. The number of aryl methyl sites for hydroxylation is 1. The SMILES string of the molecule is CCSCC(Cc1ccc(CC)s1)NN. The van der Waals surface area contributed by atoms with E-state index in [0.29, 0.717) is 6.04 Å². The maximum Gasteiger partial charge on any atom is 0.0349 e. The fourth-order valence-corrected chi connectivity index (χ4v) is 3.16. The van der Waals surface area contributed by atoms with E-state index in [1.54, 1.807) is 0 Å². The van der Waals surface area contributed by atoms with Gasteiger partial charge in [0.15, 0.2) is 0 Å². The van der Waals surface area contributed by atoms with E-state index >= 15 is 0 Å². The predicted molar refractivity (Wildman–Crippen MR) is 71.5 cm³/mol. The van der Waals surface area contributed by atoms with Gasteiger partial charge in [0.25, 0.3) is 0 Å². The van der Waals surface area contributed by atoms with E-state index in [1.165, 1.54) is 9.75 Å². The third-order valence-corrected chi connectivity index (χ3v) is 4.57. The Morgan fingerprint density at radius 3 is 2.67 bits per heavy atom. The lowest BCUT2D eigenvalue weighted by atomic mass is 10.2. The summed E-state index contributed by atoms with van der Waals surface area (Å²) < 4.78 is 0. The van der Waals surface area contributed by atoms with Crippen LogP contribution in [0.3, 0.4) is 0 Å². The van der Waals surface area contributed by atoms with Gasteiger partial charge in [0, 0.05) is 21.5 Å². The minimum absolute atomic E-state index is 0.401. The van der Waals surface area contributed by atoms with E-state index in [4.69, 9.17) is 5.84 Å². The van der Waals surface area contributed by atoms with Gasteiger partial charge in [-0.1, -0.05) is 13.8 Å². The van der Waals surface area contributed by atoms with Crippen LogP contribution in [0, 0.1) is 0 Å². The molecule has 0 spiro atoms. The van der Waals surface area contributed by atoms with Crippen molar-refractivity contribution >= 4 is 23.1 Å². The summed E-state index contributed by atoms with van der Waals surface area (Å²) in [4.78, 5) is 2.90. The monoisotopic (exact) mass is 244 g/mol. The van der Waals surface area contributed by atoms with Gasteiger partial charge in [-0.05, 0) is 30.7 Å². The molecule has 86 valence electrons. The second kappa shape index (κ2) is 7.28. The minimum atomic E-state index is 0.401. The smallest absolute Gasteiger partial charge is 0.0349 e. The molecule has 15 heavy (non-hydrogen) atoms. The number of hydrogen-bond donors (Lipinski definition) is 2. The van der Waals surface area contributed by atoms with Gasteiger partial charge >= 0.3 is 0 Å². The topological polar surface area (TPSA) is 38.0 Å². The van der Waals surface area contributed by atoms with E-state index in [-0.39, 0.29) is 0 Å². The fourth-order valence-electron chi connectivity index (χ4n) is 1.39. The first-order valence-corrected chi connectivity index (χ1v) is 7.38. The lowest BCUT2D eigenvalue weighted by Gasteiger charge is -2.13. The maximum atomic E-state index is 5.54. The Hall–Kier alpha value is -0.0300. The van der Waals surface area contributed by atoms with Crippen LogP contribution >= 0.6 is 23.1 Å². The molecule has 0 bridgehead atoms. The standard InChI is InChI=1S/C11H20N2S2/c1-3-10-5-6-11(15-10)7-9(13-12)8-14-4-2/h5-6,9,13H,3-4,7-8,12H2,1-2H3. The Bertz CT molecular complexity index is 273. The van der Waals surface area contributed by atoms with Crippen LogP contribution in [0.4, 0.5) is 0 Å². The van der Waals surface area contributed by atoms with Crippen LogP contribution < -0.4 is 11.3 Å². The van der Waals surface area contributed by atoms with Gasteiger partial charge in [0.2, 0.25) is 0 Å². The highest BCUT2D eigenvalue weighted by atomic mass is 32.2. The van der Waals surface area contributed by atoms with Crippen LogP contribution in [0.1, 0.15) is 23.6 Å². The van der Waals surface area contributed by atoms with E-state index in [0.717, 1.165) is 24.3 Å². The number of thioether (sulfide) groups is 1. The maximum absolute atomic E-state index is 5.54. The van der Waals surface area contributed by atoms with Crippen molar-refractivity contribution in [3.05, 3.63) is 21.9 Å². The molecule has 1 aromatic rings. The number of hydrogen-bond acceptors (Lipinski definition) is 4. The number of thiophene rings is 1. The number of rotatable bonds is 7. The molecule has 0 amide bonds. The zero-order chi connectivity index (χ0) is 11.1. The lowest BCUT2D eigenvalue weighted by molar-refractivity contribution is 0.579. The minimum Gasteiger partial charge on any atom is -0.271 e. The second-order valence-electron chi connectivity index (χ2n) is 3.45. The highest BCUT2D eigenvalue weighted by molar-refractivity contribution is 7.99. The number of hydrazine groups is 1. The molecule has 1 rings (SSSR count). The van der Waals surface area contributed by atoms with Crippen molar-refractivity contribution in [3.8, 4) is 0 Å². The van der Waals surface area contributed by atoms with Gasteiger partial charge < -0.3 is 0 Å². The van der Waals surface area contributed by atoms with Crippen LogP contribution in [0.5, 0.6) is 0 Å². The molecule has 0 saturated carbocycles. The number of nitrogens with two attached hydrogens (primary N) is 1. The van der Waals surface area contributed by atoms with E-state index in [1.807, 2.05) is 23.1 Å². The lowest BCUT2D eigenvalue weighted by Crippen LogP contribution is -2.38. The van der Waals surface area contributed by atoms with Crippen LogP contribution in [-0.2, 0) is 12.8 Å². The Morgan fingerprint density at radius 1 is 1.40 bits per heavy atom. The van der Waals surface area contributed by atoms with Crippen LogP contribution in [0.2, 0.25) is 0 Å². The molecule has 4 heteroatoms. The molecule has 0 aromatic carbocycles. The summed E-state index contributed by atoms with van der Waals surface area (Å²) >= 11 is 3.84. The Balaban J connectivity index is 2.43. The van der Waals surface area contributed by atoms with Crippen molar-refractivity contribution in [2.45, 2.75) is 32.7 Å². The zero-order valence-electron chi connectivity index (χ0n) is 9.45. The zero-order valence-corrected chi connectivity index (χ0v) is 11.1. The van der Waals surface area contributed by atoms with Crippen LogP contribution in [0.15, 0.2) is 12.1 Å². The highest BCUT2D eigenvalue weighted by Crippen LogP contribution is 2.19. The second-order valence-corrected chi connectivity index (χ2v) is 6.02. The summed E-state index contributed by atoms with van der Waals surface area (Å²) in [6, 6.07) is 4.85. The molecule has 1 unspecified atom stereocenters. The summed E-state index contributed by atoms with van der Waals surface area (Å²) in [5.41, 5.74) is 2.90. The fraction of sp³-hybridized carbons (Fsp3) is 0.636. The first-order chi connectivity index (χ1) is 7.30. The molecule has 0 aliphatic heterocycles. The summed E-state index contributed by atoms with van der Waals surface area (Å²) in [6.45, 7) is 4.37. The summed E-state index contributed by atoms with van der Waals surface area (Å²) in [6.07, 6.45) is 2.18. The van der Waals surface area contributed by atoms with Gasteiger partial charge in [0.05, 0.1) is 0 Å². The van der Waals surface area contributed by atoms with Crippen molar-refractivity contribution in [1.82, 2.24) is 5.43 Å². The summed E-state index contributed by atoms with van der Waals surface area (Å²) in [5.74, 6) is 7.79. The highest BCUT2D eigenvalue weighted by Gasteiger charge is 2.08. The third kappa shape index (κ3) is 4.55. The first kappa shape index (κ1) is 13.0. The molecule has 0 radical (unpaired) electrons. The van der Waals surface area contributed by atoms with Crippen molar-refractivity contribution in [2.24, 2.45) is 5.84 Å². The third-order valence-electron chi connectivity index (χ3n) is 2.27. The molecule has 1 aromatic heterocycles. The summed E-state index contributed by atoms with van der Waals surface area (Å²) in [7, 11) is 0. The van der Waals surface area contributed by atoms with E-state index < -0.39 is 0 Å². The Morgan fingerprint density at radius 2 is 2.13 bits per heavy atom. The van der Waals surface area contributed by atoms with Crippen molar-refractivity contribution in [1.29, 1.82) is 0 Å². The van der Waals surface area contributed by atoms with E-state index in [2.05, 4.69) is 31.4 Å². The molecule has 0 fully saturated rings. The molecule has 1 heterocycles. The van der Waals surface area contributed by atoms with Gasteiger partial charge in [-0.25, -0.2) is 0 Å². The molecular formula is C11H20N2S2. The molecule has 3 N–H and O–H groups in total. The molecule has 0 aliphatic rings. The van der Waals surface area contributed by atoms with Crippen molar-refractivity contribution in [3.63, 3.8) is 0 Å². The largest absolute Gasteiger partial charge is 0.271 e. The van der Waals surface area contributed by atoms with E-state index in [9.17, 15) is 0 Å². The normalized spacial score (nSPS) is 13.0. The van der Waals surface area contributed by atoms with Crippen LogP contribution in [-0.4, -0.2) is 17.5 Å². The van der Waals surface area contributed by atoms with Gasteiger partial charge in [-0.3, -0.25) is 11.3 Å². The Labute approximate surface area is 101 Å². The average Bonchev–Trinajstić information content (AvgIpc) is 2.71. The summed E-state index contributed by atoms with van der Waals surface area (Å²) in [5, 5.41) is 0. The van der Waals surface area contributed by atoms with Gasteiger partial charge in [-0.15, -0.1) is 11.3 Å². The number of nitrogens with one attached hydrogen (secondary N) is 1. The van der Waals surface area contributed by atoms with Crippen molar-refractivity contribution in [2.75, 3.05) is 11.5 Å². The quantitative estimate of drug-likeness (QED) is 0.571. The molecule has 0 saturated heterocycles. The average molecular weight is 244 g/mol. The van der Waals surface area contributed by atoms with Gasteiger partial charge in [0.1, 0.15) is 0 Å². The molecular weight excluding hydrogens is 224 g/mol. The predicted octanol–water partition coefficient (Wildman–Crippen LogP) is 2.44. The van der Waals surface area contributed by atoms with Crippen LogP contribution in [0.25, 0.3) is 0 Å². The van der Waals surface area contributed by atoms with Crippen molar-refractivity contribution < 1.29 is 0 Å². The van der Waals surface area contributed by atoms with Gasteiger partial charge in [-0.2, -0.15) is 11.8 Å². The molecule has 2 nitrogen and oxygen atoms in total. The first-order valence-electron chi connectivity index (χ1n) is 5.41. The Kier molecular flexibility index (Phi) is 6.32. The molecule has 0 aliphatic carbocycles.